The van der Waals surface area contributed by atoms with Crippen LogP contribution in [0, 0.1) is 13.8 Å². The summed E-state index contributed by atoms with van der Waals surface area (Å²) < 4.78 is 1.51. The third-order valence-corrected chi connectivity index (χ3v) is 4.68. The van der Waals surface area contributed by atoms with Crippen LogP contribution in [0.15, 0.2) is 29.1 Å². The third-order valence-electron chi connectivity index (χ3n) is 4.68. The highest BCUT2D eigenvalue weighted by molar-refractivity contribution is 5.94. The number of carbonyl (C=O) groups is 1. The van der Waals surface area contributed by atoms with Gasteiger partial charge >= 0.3 is 0 Å². The minimum atomic E-state index is -0.240. The Balaban J connectivity index is 1.75. The van der Waals surface area contributed by atoms with E-state index in [1.807, 2.05) is 26.0 Å². The number of hydrogen-bond acceptors (Lipinski definition) is 5. The Hall–Kier alpha value is -2.70. The minimum Gasteiger partial charge on any atom is -0.353 e. The van der Waals surface area contributed by atoms with Crippen LogP contribution in [0.1, 0.15) is 28.2 Å². The zero-order valence-electron chi connectivity index (χ0n) is 14.9. The normalized spacial score (nSPS) is 15.2. The van der Waals surface area contributed by atoms with Crippen LogP contribution in [-0.2, 0) is 7.05 Å². The molecule has 0 aliphatic carbocycles. The van der Waals surface area contributed by atoms with E-state index in [1.165, 1.54) is 4.57 Å². The standard InChI is InChI=1S/C18H23N5O2/c1-13-5-8-16(20-19-13)22-9-4-10-23(12-11-22)18(25)15-7-6-14(2)21(3)17(15)24/h5-8H,4,9-12H2,1-3H3. The molecule has 7 nitrogen and oxygen atoms in total. The van der Waals surface area contributed by atoms with Crippen molar-refractivity contribution in [2.75, 3.05) is 31.1 Å². The van der Waals surface area contributed by atoms with Gasteiger partial charge in [0.15, 0.2) is 5.82 Å². The van der Waals surface area contributed by atoms with Crippen molar-refractivity contribution >= 4 is 11.7 Å². The van der Waals surface area contributed by atoms with E-state index in [0.717, 1.165) is 30.2 Å². The molecule has 0 saturated carbocycles. The first-order valence-corrected chi connectivity index (χ1v) is 8.48. The molecule has 0 unspecified atom stereocenters. The molecule has 0 bridgehead atoms. The van der Waals surface area contributed by atoms with Crippen LogP contribution in [0.5, 0.6) is 0 Å². The Kier molecular flexibility index (Phi) is 4.83. The average molecular weight is 341 g/mol. The van der Waals surface area contributed by atoms with Crippen molar-refractivity contribution in [3.63, 3.8) is 0 Å². The highest BCUT2D eigenvalue weighted by atomic mass is 16.2. The van der Waals surface area contributed by atoms with E-state index < -0.39 is 0 Å². The molecule has 3 heterocycles. The molecule has 132 valence electrons. The van der Waals surface area contributed by atoms with Gasteiger partial charge in [-0.25, -0.2) is 0 Å². The van der Waals surface area contributed by atoms with E-state index in [4.69, 9.17) is 0 Å². The van der Waals surface area contributed by atoms with Gasteiger partial charge in [0.2, 0.25) is 0 Å². The van der Waals surface area contributed by atoms with Crippen molar-refractivity contribution in [3.8, 4) is 0 Å². The number of aryl methyl sites for hydroxylation is 2. The van der Waals surface area contributed by atoms with Crippen molar-refractivity contribution in [3.05, 3.63) is 51.6 Å². The van der Waals surface area contributed by atoms with Crippen molar-refractivity contribution in [1.82, 2.24) is 19.7 Å². The summed E-state index contributed by atoms with van der Waals surface area (Å²) in [6, 6.07) is 7.33. The van der Waals surface area contributed by atoms with E-state index in [1.54, 1.807) is 24.1 Å². The van der Waals surface area contributed by atoms with Gasteiger partial charge < -0.3 is 14.4 Å². The van der Waals surface area contributed by atoms with Gasteiger partial charge in [0.05, 0.1) is 5.69 Å². The molecule has 1 saturated heterocycles. The lowest BCUT2D eigenvalue weighted by Crippen LogP contribution is -2.39. The highest BCUT2D eigenvalue weighted by Crippen LogP contribution is 2.14. The second kappa shape index (κ2) is 7.04. The number of amides is 1. The number of hydrogen-bond donors (Lipinski definition) is 0. The number of pyridine rings is 1. The van der Waals surface area contributed by atoms with Crippen LogP contribution in [0.4, 0.5) is 5.82 Å². The molecule has 0 N–H and O–H groups in total. The summed E-state index contributed by atoms with van der Waals surface area (Å²) >= 11 is 0. The summed E-state index contributed by atoms with van der Waals surface area (Å²) in [4.78, 5) is 29.0. The fourth-order valence-corrected chi connectivity index (χ4v) is 2.97. The maximum atomic E-state index is 12.8. The van der Waals surface area contributed by atoms with Gasteiger partial charge in [0, 0.05) is 38.9 Å². The molecule has 0 aromatic carbocycles. The quantitative estimate of drug-likeness (QED) is 0.819. The van der Waals surface area contributed by atoms with Gasteiger partial charge in [-0.3, -0.25) is 9.59 Å². The van der Waals surface area contributed by atoms with E-state index in [2.05, 4.69) is 15.1 Å². The van der Waals surface area contributed by atoms with E-state index >= 15 is 0 Å². The first kappa shape index (κ1) is 17.1. The van der Waals surface area contributed by atoms with Crippen LogP contribution in [0.3, 0.4) is 0 Å². The minimum absolute atomic E-state index is 0.197. The second-order valence-electron chi connectivity index (χ2n) is 6.42. The fourth-order valence-electron chi connectivity index (χ4n) is 2.97. The predicted octanol–water partition coefficient (Wildman–Crippen LogP) is 1.14. The lowest BCUT2D eigenvalue weighted by Gasteiger charge is -2.22. The second-order valence-corrected chi connectivity index (χ2v) is 6.42. The van der Waals surface area contributed by atoms with E-state index in [0.29, 0.717) is 19.6 Å². The smallest absolute Gasteiger partial charge is 0.263 e. The Labute approximate surface area is 146 Å². The van der Waals surface area contributed by atoms with E-state index in [-0.39, 0.29) is 17.0 Å². The molecule has 0 spiro atoms. The van der Waals surface area contributed by atoms with Crippen LogP contribution in [-0.4, -0.2) is 51.8 Å². The van der Waals surface area contributed by atoms with Gasteiger partial charge in [-0.2, -0.15) is 5.10 Å². The van der Waals surface area contributed by atoms with Gasteiger partial charge in [0.25, 0.3) is 11.5 Å². The number of aromatic nitrogens is 3. The van der Waals surface area contributed by atoms with Gasteiger partial charge in [-0.1, -0.05) is 0 Å². The van der Waals surface area contributed by atoms with Crippen LogP contribution in [0.25, 0.3) is 0 Å². The summed E-state index contributed by atoms with van der Waals surface area (Å²) in [5.41, 5.74) is 1.71. The summed E-state index contributed by atoms with van der Waals surface area (Å²) in [7, 11) is 1.69. The van der Waals surface area contributed by atoms with Crippen molar-refractivity contribution in [2.24, 2.45) is 7.05 Å². The van der Waals surface area contributed by atoms with Gasteiger partial charge in [0.1, 0.15) is 5.56 Å². The molecular formula is C18H23N5O2. The van der Waals surface area contributed by atoms with Crippen molar-refractivity contribution < 1.29 is 4.79 Å². The van der Waals surface area contributed by atoms with Crippen molar-refractivity contribution in [2.45, 2.75) is 20.3 Å². The molecule has 2 aromatic rings. The van der Waals surface area contributed by atoms with Crippen LogP contribution >= 0.6 is 0 Å². The summed E-state index contributed by atoms with van der Waals surface area (Å²) in [5, 5.41) is 8.33. The molecular weight excluding hydrogens is 318 g/mol. The predicted molar refractivity (Wildman–Crippen MR) is 95.9 cm³/mol. The Morgan fingerprint density at radius 3 is 2.52 bits per heavy atom. The summed E-state index contributed by atoms with van der Waals surface area (Å²) in [6.45, 7) is 6.43. The topological polar surface area (TPSA) is 71.3 Å². The lowest BCUT2D eigenvalue weighted by molar-refractivity contribution is 0.0764. The zero-order chi connectivity index (χ0) is 18.0. The SMILES string of the molecule is Cc1ccc(N2CCCN(C(=O)c3ccc(C)n(C)c3=O)CC2)nn1. The molecule has 2 aromatic heterocycles. The molecule has 1 aliphatic heterocycles. The molecule has 0 atom stereocenters. The first-order chi connectivity index (χ1) is 12.0. The maximum absolute atomic E-state index is 12.8. The highest BCUT2D eigenvalue weighted by Gasteiger charge is 2.23. The Morgan fingerprint density at radius 1 is 1.00 bits per heavy atom. The molecule has 25 heavy (non-hydrogen) atoms. The monoisotopic (exact) mass is 341 g/mol. The average Bonchev–Trinajstić information content (AvgIpc) is 2.86. The van der Waals surface area contributed by atoms with Gasteiger partial charge in [-0.05, 0) is 44.5 Å². The molecule has 0 radical (unpaired) electrons. The number of rotatable bonds is 2. The zero-order valence-corrected chi connectivity index (χ0v) is 14.9. The maximum Gasteiger partial charge on any atom is 0.263 e. The first-order valence-electron chi connectivity index (χ1n) is 8.48. The van der Waals surface area contributed by atoms with Crippen LogP contribution < -0.4 is 10.5 Å². The lowest BCUT2D eigenvalue weighted by atomic mass is 10.2. The van der Waals surface area contributed by atoms with Crippen LogP contribution in [0.2, 0.25) is 0 Å². The van der Waals surface area contributed by atoms with E-state index in [9.17, 15) is 9.59 Å². The van der Waals surface area contributed by atoms with Gasteiger partial charge in [-0.15, -0.1) is 5.10 Å². The molecule has 1 fully saturated rings. The molecule has 1 aliphatic rings. The molecule has 1 amide bonds. The summed E-state index contributed by atoms with van der Waals surface area (Å²) in [6.07, 6.45) is 0.827. The number of carbonyl (C=O) groups excluding carboxylic acids is 1. The van der Waals surface area contributed by atoms with Crippen molar-refractivity contribution in [1.29, 1.82) is 0 Å². The third kappa shape index (κ3) is 3.55. The Bertz CT molecular complexity index is 828. The largest absolute Gasteiger partial charge is 0.353 e. The summed E-state index contributed by atoms with van der Waals surface area (Å²) in [5.74, 6) is 0.628. The molecule has 3 rings (SSSR count). The molecule has 7 heteroatoms. The number of nitrogens with zero attached hydrogens (tertiary/aromatic N) is 5. The number of anilines is 1. The Morgan fingerprint density at radius 2 is 1.80 bits per heavy atom. The fraction of sp³-hybridized carbons (Fsp3) is 0.444.